The first-order valence-electron chi connectivity index (χ1n) is 8.33. The van der Waals surface area contributed by atoms with E-state index in [2.05, 4.69) is 10.1 Å². The van der Waals surface area contributed by atoms with Crippen LogP contribution in [0.15, 0.2) is 36.8 Å². The standard InChI is InChI=1S/C17H22N6O2/c1-13(23-7-3-6-20-23)12-15(24)21-8-10-22(11-9-21)17-14(16(18)25)4-2-5-19-17/h2-7,13H,8-12H2,1H3,(H2,18,25). The first-order valence-corrected chi connectivity index (χ1v) is 8.33. The molecule has 1 atom stereocenters. The summed E-state index contributed by atoms with van der Waals surface area (Å²) >= 11 is 0. The molecule has 1 unspecified atom stereocenters. The van der Waals surface area contributed by atoms with Gasteiger partial charge in [0.2, 0.25) is 5.91 Å². The number of anilines is 1. The Kier molecular flexibility index (Phi) is 4.97. The molecule has 2 aromatic rings. The van der Waals surface area contributed by atoms with Gasteiger partial charge < -0.3 is 15.5 Å². The summed E-state index contributed by atoms with van der Waals surface area (Å²) in [7, 11) is 0. The predicted molar refractivity (Wildman–Crippen MR) is 93.1 cm³/mol. The van der Waals surface area contributed by atoms with E-state index in [0.717, 1.165) is 0 Å². The molecule has 25 heavy (non-hydrogen) atoms. The van der Waals surface area contributed by atoms with Gasteiger partial charge in [-0.25, -0.2) is 4.98 Å². The number of nitrogens with two attached hydrogens (primary N) is 1. The van der Waals surface area contributed by atoms with Crippen molar-refractivity contribution in [3.05, 3.63) is 42.4 Å². The molecule has 0 bridgehead atoms. The van der Waals surface area contributed by atoms with Gasteiger partial charge in [0.25, 0.3) is 5.91 Å². The Morgan fingerprint density at radius 2 is 1.96 bits per heavy atom. The van der Waals surface area contributed by atoms with E-state index in [-0.39, 0.29) is 11.9 Å². The van der Waals surface area contributed by atoms with Crippen LogP contribution in [0.3, 0.4) is 0 Å². The smallest absolute Gasteiger partial charge is 0.252 e. The van der Waals surface area contributed by atoms with Crippen molar-refractivity contribution in [3.63, 3.8) is 0 Å². The van der Waals surface area contributed by atoms with E-state index < -0.39 is 5.91 Å². The fourth-order valence-electron chi connectivity index (χ4n) is 3.03. The lowest BCUT2D eigenvalue weighted by Gasteiger charge is -2.36. The van der Waals surface area contributed by atoms with Crippen LogP contribution in [0.5, 0.6) is 0 Å². The fourth-order valence-corrected chi connectivity index (χ4v) is 3.03. The van der Waals surface area contributed by atoms with Crippen molar-refractivity contribution in [2.75, 3.05) is 31.1 Å². The maximum Gasteiger partial charge on any atom is 0.252 e. The van der Waals surface area contributed by atoms with Crippen molar-refractivity contribution in [2.24, 2.45) is 5.73 Å². The lowest BCUT2D eigenvalue weighted by Crippen LogP contribution is -2.49. The minimum absolute atomic E-state index is 0.0257. The van der Waals surface area contributed by atoms with Crippen molar-refractivity contribution in [3.8, 4) is 0 Å². The first kappa shape index (κ1) is 16.9. The highest BCUT2D eigenvalue weighted by molar-refractivity contribution is 5.97. The van der Waals surface area contributed by atoms with Gasteiger partial charge >= 0.3 is 0 Å². The Balaban J connectivity index is 1.59. The molecule has 2 aromatic heterocycles. The number of primary amides is 1. The molecule has 0 spiro atoms. The molecule has 0 saturated carbocycles. The van der Waals surface area contributed by atoms with Gasteiger partial charge in [0.15, 0.2) is 0 Å². The molecule has 0 aliphatic carbocycles. The zero-order valence-corrected chi connectivity index (χ0v) is 14.2. The number of hydrogen-bond donors (Lipinski definition) is 1. The van der Waals surface area contributed by atoms with Gasteiger partial charge in [-0.15, -0.1) is 0 Å². The maximum absolute atomic E-state index is 12.5. The van der Waals surface area contributed by atoms with Gasteiger partial charge in [-0.3, -0.25) is 14.3 Å². The first-order chi connectivity index (χ1) is 12.1. The van der Waals surface area contributed by atoms with Crippen LogP contribution in [-0.4, -0.2) is 57.7 Å². The average Bonchev–Trinajstić information content (AvgIpc) is 3.16. The second-order valence-corrected chi connectivity index (χ2v) is 6.15. The number of aromatic nitrogens is 3. The SMILES string of the molecule is CC(CC(=O)N1CCN(c2ncccc2C(N)=O)CC1)n1cccn1. The number of piperazine rings is 1. The van der Waals surface area contributed by atoms with E-state index in [1.807, 2.05) is 29.0 Å². The average molecular weight is 342 g/mol. The van der Waals surface area contributed by atoms with Gasteiger partial charge in [0.1, 0.15) is 5.82 Å². The number of carbonyl (C=O) groups is 2. The zero-order chi connectivity index (χ0) is 17.8. The lowest BCUT2D eigenvalue weighted by atomic mass is 10.2. The normalized spacial score (nSPS) is 15.9. The largest absolute Gasteiger partial charge is 0.365 e. The molecule has 2 N–H and O–H groups in total. The highest BCUT2D eigenvalue weighted by atomic mass is 16.2. The molecule has 0 radical (unpaired) electrons. The summed E-state index contributed by atoms with van der Waals surface area (Å²) in [5.74, 6) is 0.209. The van der Waals surface area contributed by atoms with Crippen LogP contribution in [0.25, 0.3) is 0 Å². The van der Waals surface area contributed by atoms with Crippen LogP contribution < -0.4 is 10.6 Å². The van der Waals surface area contributed by atoms with E-state index in [9.17, 15) is 9.59 Å². The molecule has 1 saturated heterocycles. The molecule has 2 amide bonds. The predicted octanol–water partition coefficient (Wildman–Crippen LogP) is 0.677. The van der Waals surface area contributed by atoms with Crippen LogP contribution in [0.4, 0.5) is 5.82 Å². The summed E-state index contributed by atoms with van der Waals surface area (Å²) in [6, 6.07) is 5.24. The Morgan fingerprint density at radius 1 is 1.20 bits per heavy atom. The Bertz CT molecular complexity index is 737. The number of pyridine rings is 1. The second-order valence-electron chi connectivity index (χ2n) is 6.15. The van der Waals surface area contributed by atoms with E-state index >= 15 is 0 Å². The highest BCUT2D eigenvalue weighted by Crippen LogP contribution is 2.19. The molecule has 1 aliphatic heterocycles. The topological polar surface area (TPSA) is 97.4 Å². The van der Waals surface area contributed by atoms with Crippen molar-refractivity contribution >= 4 is 17.6 Å². The van der Waals surface area contributed by atoms with E-state index in [0.29, 0.717) is 44.0 Å². The van der Waals surface area contributed by atoms with E-state index in [4.69, 9.17) is 5.73 Å². The summed E-state index contributed by atoms with van der Waals surface area (Å²) in [6.07, 6.45) is 5.63. The van der Waals surface area contributed by atoms with Crippen molar-refractivity contribution < 1.29 is 9.59 Å². The molecule has 0 aromatic carbocycles. The van der Waals surface area contributed by atoms with Gasteiger partial charge in [-0.2, -0.15) is 5.10 Å². The Labute approximate surface area is 146 Å². The van der Waals surface area contributed by atoms with Gasteiger partial charge in [0, 0.05) is 51.2 Å². The van der Waals surface area contributed by atoms with E-state index in [1.165, 1.54) is 0 Å². The van der Waals surface area contributed by atoms with Crippen molar-refractivity contribution in [2.45, 2.75) is 19.4 Å². The quantitative estimate of drug-likeness (QED) is 0.861. The van der Waals surface area contributed by atoms with Gasteiger partial charge in [-0.05, 0) is 25.1 Å². The van der Waals surface area contributed by atoms with Crippen LogP contribution in [-0.2, 0) is 4.79 Å². The number of amides is 2. The summed E-state index contributed by atoms with van der Waals surface area (Å²) in [5, 5.41) is 4.18. The number of hydrogen-bond acceptors (Lipinski definition) is 5. The number of rotatable bonds is 5. The van der Waals surface area contributed by atoms with E-state index in [1.54, 1.807) is 29.2 Å². The van der Waals surface area contributed by atoms with Crippen molar-refractivity contribution in [1.29, 1.82) is 0 Å². The highest BCUT2D eigenvalue weighted by Gasteiger charge is 2.25. The zero-order valence-electron chi connectivity index (χ0n) is 14.2. The molecule has 8 heteroatoms. The fraction of sp³-hybridized carbons (Fsp3) is 0.412. The lowest BCUT2D eigenvalue weighted by molar-refractivity contribution is -0.132. The van der Waals surface area contributed by atoms with Gasteiger partial charge in [-0.1, -0.05) is 0 Å². The Hall–Kier alpha value is -2.90. The van der Waals surface area contributed by atoms with Gasteiger partial charge in [0.05, 0.1) is 11.6 Å². The molecule has 132 valence electrons. The third-order valence-corrected chi connectivity index (χ3v) is 4.43. The molecule has 1 aliphatic rings. The third kappa shape index (κ3) is 3.78. The number of nitrogens with zero attached hydrogens (tertiary/aromatic N) is 5. The summed E-state index contributed by atoms with van der Waals surface area (Å²) < 4.78 is 1.79. The summed E-state index contributed by atoms with van der Waals surface area (Å²) in [4.78, 5) is 32.2. The van der Waals surface area contributed by atoms with Crippen LogP contribution in [0, 0.1) is 0 Å². The molecule has 3 rings (SSSR count). The molecule has 3 heterocycles. The van der Waals surface area contributed by atoms with Crippen LogP contribution >= 0.6 is 0 Å². The number of carbonyl (C=O) groups excluding carboxylic acids is 2. The molecule has 8 nitrogen and oxygen atoms in total. The summed E-state index contributed by atoms with van der Waals surface area (Å²) in [5.41, 5.74) is 5.83. The Morgan fingerprint density at radius 3 is 2.60 bits per heavy atom. The minimum Gasteiger partial charge on any atom is -0.365 e. The van der Waals surface area contributed by atoms with Crippen molar-refractivity contribution in [1.82, 2.24) is 19.7 Å². The molecular formula is C17H22N6O2. The van der Waals surface area contributed by atoms with Crippen LogP contribution in [0.1, 0.15) is 29.7 Å². The van der Waals surface area contributed by atoms with Crippen LogP contribution in [0.2, 0.25) is 0 Å². The third-order valence-electron chi connectivity index (χ3n) is 4.43. The molecule has 1 fully saturated rings. The monoisotopic (exact) mass is 342 g/mol. The minimum atomic E-state index is -0.491. The maximum atomic E-state index is 12.5. The summed E-state index contributed by atoms with van der Waals surface area (Å²) in [6.45, 7) is 4.42. The second kappa shape index (κ2) is 7.33. The molecular weight excluding hydrogens is 320 g/mol.